The van der Waals surface area contributed by atoms with Gasteiger partial charge in [-0.3, -0.25) is 62.7 Å². The second kappa shape index (κ2) is 32.6. The number of amides is 11. The van der Waals surface area contributed by atoms with Crippen LogP contribution in [0, 0.1) is 0 Å². The lowest BCUT2D eigenvalue weighted by molar-refractivity contribution is -0.136. The molecule has 2 aromatic carbocycles. The van der Waals surface area contributed by atoms with Crippen LogP contribution >= 0.6 is 43.2 Å². The zero-order valence-electron chi connectivity index (χ0n) is 42.8. The molecule has 2 saturated heterocycles. The number of nitrogens with one attached hydrogen (secondary N) is 8. The molecule has 33 heteroatoms. The maximum Gasteiger partial charge on any atom is 0.244 e. The molecule has 0 spiro atoms. The molecule has 24 N–H and O–H groups in total. The Labute approximate surface area is 469 Å². The summed E-state index contributed by atoms with van der Waals surface area (Å²) >= 11 is 0. The monoisotopic (exact) mass is 1180 g/mol. The van der Waals surface area contributed by atoms with Crippen LogP contribution < -0.4 is 88.4 Å². The topological polar surface area (TPSA) is 517 Å². The third-order valence-corrected chi connectivity index (χ3v) is 16.7. The van der Waals surface area contributed by atoms with Crippen LogP contribution in [-0.4, -0.2) is 167 Å². The van der Waals surface area contributed by atoms with Gasteiger partial charge in [-0.05, 0) is 48.4 Å². The van der Waals surface area contributed by atoms with Crippen molar-refractivity contribution in [2.24, 2.45) is 55.9 Å². The molecular formula is C46H68N18O11S4. The molecule has 2 heterocycles. The van der Waals surface area contributed by atoms with Crippen LogP contribution in [0.5, 0.6) is 0 Å². The van der Waals surface area contributed by atoms with E-state index in [2.05, 4.69) is 52.5 Å². The van der Waals surface area contributed by atoms with Crippen molar-refractivity contribution in [2.45, 2.75) is 106 Å². The van der Waals surface area contributed by atoms with Gasteiger partial charge in [0.2, 0.25) is 65.0 Å². The van der Waals surface area contributed by atoms with E-state index in [1.807, 2.05) is 24.3 Å². The maximum atomic E-state index is 14.5. The second-order valence-corrected chi connectivity index (χ2v) is 23.2. The summed E-state index contributed by atoms with van der Waals surface area (Å²) in [4.78, 5) is 155. The Morgan fingerprint density at radius 2 is 1.04 bits per heavy atom. The van der Waals surface area contributed by atoms with Crippen LogP contribution in [0.2, 0.25) is 0 Å². The van der Waals surface area contributed by atoms with Crippen LogP contribution in [0.1, 0.15) is 50.5 Å². The van der Waals surface area contributed by atoms with Gasteiger partial charge in [-0.2, -0.15) is 0 Å². The number of hydrogen-bond donors (Lipinski definition) is 16. The van der Waals surface area contributed by atoms with E-state index in [-0.39, 0.29) is 80.1 Å². The molecule has 0 aliphatic carbocycles. The van der Waals surface area contributed by atoms with E-state index in [0.29, 0.717) is 5.56 Å². The van der Waals surface area contributed by atoms with Gasteiger partial charge in [0.15, 0.2) is 11.9 Å². The fraction of sp³-hybridized carbons (Fsp3) is 0.500. The predicted octanol–water partition coefficient (Wildman–Crippen LogP) is -5.89. The zero-order valence-corrected chi connectivity index (χ0v) is 46.0. The fourth-order valence-electron chi connectivity index (χ4n) is 7.70. The van der Waals surface area contributed by atoms with E-state index in [0.717, 1.165) is 21.6 Å². The van der Waals surface area contributed by atoms with Crippen molar-refractivity contribution < 1.29 is 52.7 Å². The summed E-state index contributed by atoms with van der Waals surface area (Å²) < 4.78 is 0. The first-order chi connectivity index (χ1) is 37.5. The molecule has 2 aliphatic rings. The maximum absolute atomic E-state index is 14.5. The molecule has 79 heavy (non-hydrogen) atoms. The van der Waals surface area contributed by atoms with E-state index in [1.54, 1.807) is 18.2 Å². The molecule has 2 aromatic rings. The zero-order chi connectivity index (χ0) is 58.2. The number of primary amides is 3. The first-order valence-electron chi connectivity index (χ1n) is 24.6. The van der Waals surface area contributed by atoms with E-state index in [4.69, 9.17) is 45.9 Å². The van der Waals surface area contributed by atoms with Gasteiger partial charge in [0.05, 0.1) is 12.5 Å². The van der Waals surface area contributed by atoms with Crippen LogP contribution in [0.25, 0.3) is 10.8 Å². The summed E-state index contributed by atoms with van der Waals surface area (Å²) in [6, 6.07) is 0.710. The van der Waals surface area contributed by atoms with Crippen LogP contribution in [0.4, 0.5) is 0 Å². The number of benzene rings is 2. The number of aliphatic imine (C=N–C) groups is 2. The lowest BCUT2D eigenvalue weighted by Gasteiger charge is -2.29. The van der Waals surface area contributed by atoms with Crippen molar-refractivity contribution in [3.8, 4) is 0 Å². The van der Waals surface area contributed by atoms with Gasteiger partial charge in [-0.1, -0.05) is 85.6 Å². The molecule has 0 saturated carbocycles. The van der Waals surface area contributed by atoms with Crippen LogP contribution in [0.3, 0.4) is 0 Å². The minimum Gasteiger partial charge on any atom is -0.370 e. The molecule has 432 valence electrons. The van der Waals surface area contributed by atoms with E-state index < -0.39 is 139 Å². The summed E-state index contributed by atoms with van der Waals surface area (Å²) in [7, 11) is 4.82. The van der Waals surface area contributed by atoms with Crippen molar-refractivity contribution in [2.75, 3.05) is 36.1 Å². The van der Waals surface area contributed by atoms with Gasteiger partial charge in [0.25, 0.3) is 0 Å². The van der Waals surface area contributed by atoms with Gasteiger partial charge in [0, 0.05) is 48.9 Å². The molecule has 2 aliphatic heterocycles. The largest absolute Gasteiger partial charge is 0.370 e. The average molecular weight is 1180 g/mol. The fourth-order valence-corrected chi connectivity index (χ4v) is 12.4. The molecule has 0 aromatic heterocycles. The Kier molecular flexibility index (Phi) is 26.5. The van der Waals surface area contributed by atoms with Gasteiger partial charge in [0.1, 0.15) is 48.3 Å². The van der Waals surface area contributed by atoms with Crippen molar-refractivity contribution in [3.05, 3.63) is 48.0 Å². The molecule has 0 bridgehead atoms. The first kappa shape index (κ1) is 64.3. The first-order valence-corrected chi connectivity index (χ1v) is 29.6. The number of hydrogen-bond acceptors (Lipinski definition) is 18. The molecule has 4 rings (SSSR count). The lowest BCUT2D eigenvalue weighted by atomic mass is 9.97. The van der Waals surface area contributed by atoms with Gasteiger partial charge >= 0.3 is 0 Å². The van der Waals surface area contributed by atoms with Gasteiger partial charge < -0.3 is 88.4 Å². The molecule has 0 unspecified atom stereocenters. The number of rotatable bonds is 28. The lowest BCUT2D eigenvalue weighted by Crippen LogP contribution is -2.61. The number of guanidine groups is 2. The van der Waals surface area contributed by atoms with Gasteiger partial charge in [-0.25, -0.2) is 0 Å². The highest BCUT2D eigenvalue weighted by Crippen LogP contribution is 2.27. The summed E-state index contributed by atoms with van der Waals surface area (Å²) in [6.45, 7) is -0.0135. The van der Waals surface area contributed by atoms with E-state index in [1.165, 1.54) is 32.4 Å². The van der Waals surface area contributed by atoms with Crippen molar-refractivity contribution >= 4 is 131 Å². The van der Waals surface area contributed by atoms with Crippen LogP contribution in [-0.2, 0) is 59.2 Å². The minimum absolute atomic E-state index is 0.00694. The highest BCUT2D eigenvalue weighted by atomic mass is 33.1. The molecule has 9 atom stereocenters. The molecule has 11 amide bonds. The smallest absolute Gasteiger partial charge is 0.244 e. The number of carbonyl (C=O) groups excluding carboxylic acids is 11. The number of fused-ring (bicyclic) bond motifs is 1. The second-order valence-electron chi connectivity index (χ2n) is 18.1. The SMILES string of the molecule is NC(=O)CC[C@H](NC(=O)[C@H](CCCN=C(N)N)NC(=O)[C@H](CCCN=C(N)N)NC(=O)[C@@H]1CSSC[C@H](NC(=O)[C@@H](N)CC(N)=O)C(=O)N1)C(=O)N[C@@H](Cc1cccc2ccccc12)C(=O)N[C@H]1CSSC[C@@H](C(N)=O)NC1=O. The quantitative estimate of drug-likeness (QED) is 0.0163. The molecule has 0 radical (unpaired) electrons. The highest BCUT2D eigenvalue weighted by Gasteiger charge is 2.36. The van der Waals surface area contributed by atoms with Crippen LogP contribution in [0.15, 0.2) is 52.4 Å². The summed E-state index contributed by atoms with van der Waals surface area (Å²) in [5.41, 5.74) is 44.6. The highest BCUT2D eigenvalue weighted by molar-refractivity contribution is 8.77. The average Bonchev–Trinajstić information content (AvgIpc) is 3.38. The third-order valence-electron chi connectivity index (χ3n) is 11.8. The standard InChI is InChI=1S/C46H68N18O11S4/c47-25(17-35(49)66)37(68)62-31-19-78-79-20-32(64-44(31)75)42(73)58-27(11-5-15-56-46(53)54)38(69)57-26(10-4-14-55-45(51)52)39(70)59-28(12-13-34(48)65)40(71)60-29(16-23-8-3-7-22-6-1-2-9-24(22)23)41(72)63-33-21-77-76-18-30(36(50)67)61-43(33)74/h1-3,6-9,25-33H,4-5,10-21,47H2,(H2,48,65)(H2,49,66)(H2,50,67)(H,57,69)(H,58,73)(H,59,70)(H,60,71)(H,61,74)(H,62,68)(H,63,72)(H,64,75)(H4,51,52,55)(H4,53,54,56)/t25-,26-,27-,28-,29-,30-,31-,32-,33-/m0/s1. The Balaban J connectivity index is 1.62. The normalized spacial score (nSPS) is 19.4. The summed E-state index contributed by atoms with van der Waals surface area (Å²) in [6.07, 6.45) is -1.56. The van der Waals surface area contributed by atoms with Crippen molar-refractivity contribution in [1.29, 1.82) is 0 Å². The van der Waals surface area contributed by atoms with E-state index in [9.17, 15) is 52.7 Å². The Morgan fingerprint density at radius 1 is 0.557 bits per heavy atom. The Hall–Kier alpha value is -7.23. The minimum atomic E-state index is -1.59. The number of nitrogens with zero attached hydrogens (tertiary/aromatic N) is 2. The predicted molar refractivity (Wildman–Crippen MR) is 302 cm³/mol. The Morgan fingerprint density at radius 3 is 1.58 bits per heavy atom. The third kappa shape index (κ3) is 22.2. The van der Waals surface area contributed by atoms with E-state index >= 15 is 0 Å². The molecular weight excluding hydrogens is 1110 g/mol. The Bertz CT molecular complexity index is 2600. The number of nitrogens with two attached hydrogens (primary N) is 8. The molecule has 29 nitrogen and oxygen atoms in total. The van der Waals surface area contributed by atoms with Gasteiger partial charge in [-0.15, -0.1) is 0 Å². The van der Waals surface area contributed by atoms with Crippen molar-refractivity contribution in [3.63, 3.8) is 0 Å². The summed E-state index contributed by atoms with van der Waals surface area (Å²) in [5.74, 6) is -9.40. The number of carbonyl (C=O) groups is 11. The molecule has 2 fully saturated rings. The van der Waals surface area contributed by atoms with Crippen molar-refractivity contribution in [1.82, 2.24) is 42.5 Å². The summed E-state index contributed by atoms with van der Waals surface area (Å²) in [5, 5.41) is 22.3.